The summed E-state index contributed by atoms with van der Waals surface area (Å²) in [5.41, 5.74) is 2.13. The van der Waals surface area contributed by atoms with Gasteiger partial charge in [0, 0.05) is 17.2 Å². The highest BCUT2D eigenvalue weighted by Gasteiger charge is 2.18. The van der Waals surface area contributed by atoms with Crippen LogP contribution in [0, 0.1) is 0 Å². The number of esters is 1. The standard InChI is InChI=1S/C25H27BrN2O3/c1-25(2,3)31-24(29)20-9-12-23(28-16-20)27-14-13-19-15-21(26)10-11-22(19)30-17-18-7-5-4-6-8-18/h4-12,15-16H,13-14,17H2,1-3H3,(H,27,28). The zero-order valence-electron chi connectivity index (χ0n) is 18.0. The van der Waals surface area contributed by atoms with Crippen molar-refractivity contribution in [3.8, 4) is 5.75 Å². The Morgan fingerprint density at radius 3 is 2.52 bits per heavy atom. The van der Waals surface area contributed by atoms with Crippen molar-refractivity contribution in [2.75, 3.05) is 11.9 Å². The number of aromatic nitrogens is 1. The second kappa shape index (κ2) is 10.4. The summed E-state index contributed by atoms with van der Waals surface area (Å²) in [5.74, 6) is 1.19. The number of ether oxygens (including phenoxy) is 2. The predicted molar refractivity (Wildman–Crippen MR) is 127 cm³/mol. The molecule has 0 aliphatic carbocycles. The third-order valence-electron chi connectivity index (χ3n) is 4.36. The number of rotatable bonds is 8. The van der Waals surface area contributed by atoms with Crippen LogP contribution in [0.3, 0.4) is 0 Å². The molecule has 0 radical (unpaired) electrons. The molecular formula is C25H27BrN2O3. The third-order valence-corrected chi connectivity index (χ3v) is 4.85. The topological polar surface area (TPSA) is 60.5 Å². The maximum absolute atomic E-state index is 12.1. The van der Waals surface area contributed by atoms with Gasteiger partial charge in [0.15, 0.2) is 0 Å². The molecule has 0 amide bonds. The highest BCUT2D eigenvalue weighted by atomic mass is 79.9. The molecule has 0 saturated heterocycles. The summed E-state index contributed by atoms with van der Waals surface area (Å²) in [5, 5.41) is 3.29. The molecular weight excluding hydrogens is 456 g/mol. The number of halogens is 1. The third kappa shape index (κ3) is 7.40. The molecule has 0 aliphatic rings. The summed E-state index contributed by atoms with van der Waals surface area (Å²) >= 11 is 3.54. The van der Waals surface area contributed by atoms with Gasteiger partial charge in [0.1, 0.15) is 23.8 Å². The first-order chi connectivity index (χ1) is 14.8. The van der Waals surface area contributed by atoms with Crippen LogP contribution in [-0.4, -0.2) is 23.1 Å². The lowest BCUT2D eigenvalue weighted by Gasteiger charge is -2.19. The van der Waals surface area contributed by atoms with Gasteiger partial charge in [-0.3, -0.25) is 0 Å². The molecule has 0 bridgehead atoms. The quantitative estimate of drug-likeness (QED) is 0.397. The molecule has 0 unspecified atom stereocenters. The van der Waals surface area contributed by atoms with Crippen LogP contribution >= 0.6 is 15.9 Å². The Kier molecular flexibility index (Phi) is 7.69. The van der Waals surface area contributed by atoms with Crippen LogP contribution in [0.4, 0.5) is 5.82 Å². The first-order valence-corrected chi connectivity index (χ1v) is 11.0. The van der Waals surface area contributed by atoms with Crippen LogP contribution in [0.1, 0.15) is 42.3 Å². The fourth-order valence-electron chi connectivity index (χ4n) is 2.90. The number of pyridine rings is 1. The summed E-state index contributed by atoms with van der Waals surface area (Å²) in [4.78, 5) is 16.4. The molecule has 2 aromatic carbocycles. The smallest absolute Gasteiger partial charge is 0.340 e. The van der Waals surface area contributed by atoms with Gasteiger partial charge < -0.3 is 14.8 Å². The van der Waals surface area contributed by atoms with Gasteiger partial charge in [0.05, 0.1) is 5.56 Å². The number of hydrogen-bond acceptors (Lipinski definition) is 5. The van der Waals surface area contributed by atoms with Gasteiger partial charge in [0.25, 0.3) is 0 Å². The fourth-order valence-corrected chi connectivity index (χ4v) is 3.31. The lowest BCUT2D eigenvalue weighted by Crippen LogP contribution is -2.24. The van der Waals surface area contributed by atoms with E-state index in [1.807, 2.05) is 63.2 Å². The van der Waals surface area contributed by atoms with Crippen molar-refractivity contribution in [1.82, 2.24) is 4.98 Å². The molecule has 0 aliphatic heterocycles. The van der Waals surface area contributed by atoms with Crippen molar-refractivity contribution in [3.63, 3.8) is 0 Å². The van der Waals surface area contributed by atoms with E-state index in [-0.39, 0.29) is 5.97 Å². The van der Waals surface area contributed by atoms with Crippen molar-refractivity contribution < 1.29 is 14.3 Å². The lowest BCUT2D eigenvalue weighted by molar-refractivity contribution is 0.00691. The van der Waals surface area contributed by atoms with Crippen LogP contribution in [0.15, 0.2) is 71.3 Å². The predicted octanol–water partition coefficient (Wildman–Crippen LogP) is 6.03. The number of benzene rings is 2. The maximum Gasteiger partial charge on any atom is 0.340 e. The van der Waals surface area contributed by atoms with E-state index in [1.165, 1.54) is 6.20 Å². The van der Waals surface area contributed by atoms with Crippen LogP contribution in [0.25, 0.3) is 0 Å². The van der Waals surface area contributed by atoms with E-state index >= 15 is 0 Å². The normalized spacial score (nSPS) is 11.1. The largest absolute Gasteiger partial charge is 0.489 e. The SMILES string of the molecule is CC(C)(C)OC(=O)c1ccc(NCCc2cc(Br)ccc2OCc2ccccc2)nc1. The molecule has 1 aromatic heterocycles. The van der Waals surface area contributed by atoms with Crippen LogP contribution in [0.5, 0.6) is 5.75 Å². The number of nitrogens with zero attached hydrogens (tertiary/aromatic N) is 1. The van der Waals surface area contributed by atoms with Gasteiger partial charge in [-0.25, -0.2) is 9.78 Å². The van der Waals surface area contributed by atoms with Gasteiger partial charge in [-0.2, -0.15) is 0 Å². The highest BCUT2D eigenvalue weighted by molar-refractivity contribution is 9.10. The van der Waals surface area contributed by atoms with Crippen molar-refractivity contribution in [1.29, 1.82) is 0 Å². The minimum absolute atomic E-state index is 0.374. The summed E-state index contributed by atoms with van der Waals surface area (Å²) in [6.07, 6.45) is 2.29. The Morgan fingerprint density at radius 2 is 1.84 bits per heavy atom. The van der Waals surface area contributed by atoms with Crippen molar-refractivity contribution in [3.05, 3.63) is 88.0 Å². The first-order valence-electron chi connectivity index (χ1n) is 10.2. The Morgan fingerprint density at radius 1 is 1.06 bits per heavy atom. The Hall–Kier alpha value is -2.86. The summed E-state index contributed by atoms with van der Waals surface area (Å²) in [7, 11) is 0. The van der Waals surface area contributed by atoms with E-state index in [0.29, 0.717) is 24.5 Å². The van der Waals surface area contributed by atoms with Gasteiger partial charge >= 0.3 is 5.97 Å². The lowest BCUT2D eigenvalue weighted by atomic mass is 10.1. The summed E-state index contributed by atoms with van der Waals surface area (Å²) in [6, 6.07) is 19.6. The average Bonchev–Trinajstić information content (AvgIpc) is 2.73. The molecule has 0 fully saturated rings. The molecule has 1 heterocycles. The second-order valence-electron chi connectivity index (χ2n) is 8.14. The van der Waals surface area contributed by atoms with E-state index in [2.05, 4.69) is 32.3 Å². The van der Waals surface area contributed by atoms with Gasteiger partial charge in [-0.05, 0) is 68.7 Å². The summed E-state index contributed by atoms with van der Waals surface area (Å²) in [6.45, 7) is 6.73. The van der Waals surface area contributed by atoms with Crippen LogP contribution < -0.4 is 10.1 Å². The first kappa shape index (κ1) is 22.8. The van der Waals surface area contributed by atoms with Crippen molar-refractivity contribution >= 4 is 27.7 Å². The Labute approximate surface area is 191 Å². The number of carbonyl (C=O) groups is 1. The highest BCUT2D eigenvalue weighted by Crippen LogP contribution is 2.25. The zero-order valence-corrected chi connectivity index (χ0v) is 19.6. The van der Waals surface area contributed by atoms with E-state index < -0.39 is 5.60 Å². The molecule has 0 saturated carbocycles. The van der Waals surface area contributed by atoms with E-state index in [9.17, 15) is 4.79 Å². The number of hydrogen-bond donors (Lipinski definition) is 1. The van der Waals surface area contributed by atoms with Gasteiger partial charge in [-0.15, -0.1) is 0 Å². The molecule has 0 atom stereocenters. The number of anilines is 1. The molecule has 3 rings (SSSR count). The number of nitrogens with one attached hydrogen (secondary N) is 1. The second-order valence-corrected chi connectivity index (χ2v) is 9.05. The Bertz CT molecular complexity index is 1000. The summed E-state index contributed by atoms with van der Waals surface area (Å²) < 4.78 is 12.4. The van der Waals surface area contributed by atoms with Crippen molar-refractivity contribution in [2.45, 2.75) is 39.4 Å². The number of carbonyl (C=O) groups excluding carboxylic acids is 1. The van der Waals surface area contributed by atoms with Crippen LogP contribution in [-0.2, 0) is 17.8 Å². The van der Waals surface area contributed by atoms with E-state index in [0.717, 1.165) is 27.8 Å². The maximum atomic E-state index is 12.1. The molecule has 6 heteroatoms. The van der Waals surface area contributed by atoms with Gasteiger partial charge in [0.2, 0.25) is 0 Å². The van der Waals surface area contributed by atoms with E-state index in [1.54, 1.807) is 12.1 Å². The monoisotopic (exact) mass is 482 g/mol. The molecule has 162 valence electrons. The zero-order chi connectivity index (χ0) is 22.3. The minimum atomic E-state index is -0.530. The van der Waals surface area contributed by atoms with Gasteiger partial charge in [-0.1, -0.05) is 46.3 Å². The molecule has 1 N–H and O–H groups in total. The molecule has 0 spiro atoms. The Balaban J connectivity index is 1.56. The van der Waals surface area contributed by atoms with Crippen LogP contribution in [0.2, 0.25) is 0 Å². The van der Waals surface area contributed by atoms with E-state index in [4.69, 9.17) is 9.47 Å². The average molecular weight is 483 g/mol. The molecule has 5 nitrogen and oxygen atoms in total. The van der Waals surface area contributed by atoms with Crippen molar-refractivity contribution in [2.24, 2.45) is 0 Å². The fraction of sp³-hybridized carbons (Fsp3) is 0.280. The minimum Gasteiger partial charge on any atom is -0.489 e. The molecule has 3 aromatic rings. The molecule has 31 heavy (non-hydrogen) atoms.